The van der Waals surface area contributed by atoms with E-state index in [1.54, 1.807) is 11.3 Å². The van der Waals surface area contributed by atoms with Crippen LogP contribution >= 0.6 is 11.3 Å². The Labute approximate surface area is 113 Å². The molecule has 0 aromatic carbocycles. The van der Waals surface area contributed by atoms with Gasteiger partial charge in [-0.05, 0) is 32.2 Å². The zero-order valence-corrected chi connectivity index (χ0v) is 12.1. The van der Waals surface area contributed by atoms with Crippen molar-refractivity contribution in [1.29, 1.82) is 0 Å². The van der Waals surface area contributed by atoms with E-state index < -0.39 is 0 Å². The predicted molar refractivity (Wildman–Crippen MR) is 75.4 cm³/mol. The quantitative estimate of drug-likeness (QED) is 0.760. The van der Waals surface area contributed by atoms with E-state index in [2.05, 4.69) is 17.2 Å². The van der Waals surface area contributed by atoms with E-state index in [1.165, 1.54) is 4.88 Å². The summed E-state index contributed by atoms with van der Waals surface area (Å²) in [5.74, 6) is 0.682. The summed E-state index contributed by atoms with van der Waals surface area (Å²) < 4.78 is 0. The molecule has 0 spiro atoms. The molecule has 0 fully saturated rings. The molecule has 1 amide bonds. The van der Waals surface area contributed by atoms with Gasteiger partial charge in [-0.3, -0.25) is 4.79 Å². The second kappa shape index (κ2) is 8.21. The number of nitrogens with one attached hydrogen (secondary N) is 1. The number of hydrogen-bond acceptors (Lipinski definition) is 4. The average Bonchev–Trinajstić information content (AvgIpc) is 2.77. The Balaban J connectivity index is 2.21. The van der Waals surface area contributed by atoms with E-state index in [4.69, 9.17) is 5.73 Å². The second-order valence-electron chi connectivity index (χ2n) is 4.53. The molecule has 1 unspecified atom stereocenters. The minimum absolute atomic E-state index is 0.110. The summed E-state index contributed by atoms with van der Waals surface area (Å²) in [6.07, 6.45) is 5.45. The van der Waals surface area contributed by atoms with Crippen LogP contribution in [0.2, 0.25) is 0 Å². The van der Waals surface area contributed by atoms with Crippen LogP contribution in [0.15, 0.2) is 6.20 Å². The standard InChI is InChI=1S/C13H23N3OS/c1-3-11(6-7-14)4-5-12(17)15-9-13-16-8-10(2)18-13/h8,11H,3-7,9,14H2,1-2H3,(H,15,17). The molecule has 0 aliphatic heterocycles. The van der Waals surface area contributed by atoms with Crippen LogP contribution in [-0.4, -0.2) is 17.4 Å². The third-order valence-electron chi connectivity index (χ3n) is 3.04. The molecule has 0 radical (unpaired) electrons. The highest BCUT2D eigenvalue weighted by molar-refractivity contribution is 7.11. The molecule has 0 saturated carbocycles. The highest BCUT2D eigenvalue weighted by atomic mass is 32.1. The number of aromatic nitrogens is 1. The van der Waals surface area contributed by atoms with Crippen molar-refractivity contribution in [3.05, 3.63) is 16.1 Å². The number of carbonyl (C=O) groups excluding carboxylic acids is 1. The first kappa shape index (κ1) is 15.1. The molecule has 5 heteroatoms. The summed E-state index contributed by atoms with van der Waals surface area (Å²) in [6, 6.07) is 0. The number of thiazole rings is 1. The van der Waals surface area contributed by atoms with Gasteiger partial charge in [0, 0.05) is 17.5 Å². The predicted octanol–water partition coefficient (Wildman–Crippen LogP) is 2.22. The van der Waals surface area contributed by atoms with Crippen molar-refractivity contribution in [1.82, 2.24) is 10.3 Å². The first-order valence-electron chi connectivity index (χ1n) is 6.53. The van der Waals surface area contributed by atoms with Crippen molar-refractivity contribution in [3.8, 4) is 0 Å². The Kier molecular flexibility index (Phi) is 6.90. The molecule has 3 N–H and O–H groups in total. The van der Waals surface area contributed by atoms with Crippen LogP contribution < -0.4 is 11.1 Å². The molecular formula is C13H23N3OS. The fourth-order valence-corrected chi connectivity index (χ4v) is 2.60. The van der Waals surface area contributed by atoms with Gasteiger partial charge in [0.05, 0.1) is 6.54 Å². The zero-order valence-electron chi connectivity index (χ0n) is 11.2. The summed E-state index contributed by atoms with van der Waals surface area (Å²) in [6.45, 7) is 5.42. The lowest BCUT2D eigenvalue weighted by molar-refractivity contribution is -0.121. The van der Waals surface area contributed by atoms with Gasteiger partial charge in [-0.25, -0.2) is 4.98 Å². The molecule has 1 rings (SSSR count). The molecule has 4 nitrogen and oxygen atoms in total. The Hall–Kier alpha value is -0.940. The minimum atomic E-state index is 0.110. The smallest absolute Gasteiger partial charge is 0.220 e. The van der Waals surface area contributed by atoms with Gasteiger partial charge in [0.15, 0.2) is 0 Å². The van der Waals surface area contributed by atoms with E-state index in [0.29, 0.717) is 25.4 Å². The highest BCUT2D eigenvalue weighted by Gasteiger charge is 2.09. The molecule has 1 aromatic rings. The number of carbonyl (C=O) groups is 1. The monoisotopic (exact) mass is 269 g/mol. The van der Waals surface area contributed by atoms with Crippen LogP contribution in [0.4, 0.5) is 0 Å². The van der Waals surface area contributed by atoms with Gasteiger partial charge in [0.25, 0.3) is 0 Å². The molecule has 0 saturated heterocycles. The maximum Gasteiger partial charge on any atom is 0.220 e. The number of nitrogens with zero attached hydrogens (tertiary/aromatic N) is 1. The first-order chi connectivity index (χ1) is 8.65. The van der Waals surface area contributed by atoms with Crippen molar-refractivity contribution >= 4 is 17.2 Å². The summed E-state index contributed by atoms with van der Waals surface area (Å²) in [7, 11) is 0. The number of hydrogen-bond donors (Lipinski definition) is 2. The maximum absolute atomic E-state index is 11.7. The van der Waals surface area contributed by atoms with Crippen molar-refractivity contribution in [2.75, 3.05) is 6.54 Å². The Morgan fingerprint density at radius 3 is 2.89 bits per heavy atom. The highest BCUT2D eigenvalue weighted by Crippen LogP contribution is 2.14. The van der Waals surface area contributed by atoms with Crippen LogP contribution in [0.5, 0.6) is 0 Å². The van der Waals surface area contributed by atoms with Gasteiger partial charge in [-0.2, -0.15) is 0 Å². The van der Waals surface area contributed by atoms with Gasteiger partial charge in [0.2, 0.25) is 5.91 Å². The molecule has 0 bridgehead atoms. The third kappa shape index (κ3) is 5.60. The fraction of sp³-hybridized carbons (Fsp3) is 0.692. The maximum atomic E-state index is 11.7. The molecule has 1 aromatic heterocycles. The van der Waals surface area contributed by atoms with Crippen molar-refractivity contribution < 1.29 is 4.79 Å². The zero-order chi connectivity index (χ0) is 13.4. The topological polar surface area (TPSA) is 68.0 Å². The number of rotatable bonds is 8. The Morgan fingerprint density at radius 2 is 2.33 bits per heavy atom. The molecule has 0 aliphatic rings. The lowest BCUT2D eigenvalue weighted by atomic mass is 9.96. The van der Waals surface area contributed by atoms with E-state index in [1.807, 2.05) is 13.1 Å². The summed E-state index contributed by atoms with van der Waals surface area (Å²) >= 11 is 1.62. The van der Waals surface area contributed by atoms with Crippen molar-refractivity contribution in [2.24, 2.45) is 11.7 Å². The summed E-state index contributed by atoms with van der Waals surface area (Å²) in [4.78, 5) is 17.1. The molecule has 1 heterocycles. The summed E-state index contributed by atoms with van der Waals surface area (Å²) in [5, 5.41) is 3.88. The van der Waals surface area contributed by atoms with Gasteiger partial charge in [0.1, 0.15) is 5.01 Å². The fourth-order valence-electron chi connectivity index (χ4n) is 1.87. The summed E-state index contributed by atoms with van der Waals surface area (Å²) in [5.41, 5.74) is 5.54. The lowest BCUT2D eigenvalue weighted by Gasteiger charge is -2.12. The van der Waals surface area contributed by atoms with E-state index in [9.17, 15) is 4.79 Å². The van der Waals surface area contributed by atoms with Gasteiger partial charge in [-0.15, -0.1) is 11.3 Å². The number of nitrogens with two attached hydrogens (primary N) is 1. The molecule has 102 valence electrons. The third-order valence-corrected chi connectivity index (χ3v) is 3.95. The van der Waals surface area contributed by atoms with E-state index >= 15 is 0 Å². The molecular weight excluding hydrogens is 246 g/mol. The normalized spacial score (nSPS) is 12.4. The molecule has 1 atom stereocenters. The van der Waals surface area contributed by atoms with Crippen LogP contribution in [0.25, 0.3) is 0 Å². The largest absolute Gasteiger partial charge is 0.350 e. The minimum Gasteiger partial charge on any atom is -0.350 e. The number of amides is 1. The van der Waals surface area contributed by atoms with Crippen LogP contribution in [0, 0.1) is 12.8 Å². The van der Waals surface area contributed by atoms with Gasteiger partial charge < -0.3 is 11.1 Å². The van der Waals surface area contributed by atoms with Gasteiger partial charge >= 0.3 is 0 Å². The van der Waals surface area contributed by atoms with E-state index in [-0.39, 0.29) is 5.91 Å². The Morgan fingerprint density at radius 1 is 1.56 bits per heavy atom. The van der Waals surface area contributed by atoms with Gasteiger partial charge in [-0.1, -0.05) is 13.3 Å². The van der Waals surface area contributed by atoms with E-state index in [0.717, 1.165) is 24.3 Å². The first-order valence-corrected chi connectivity index (χ1v) is 7.35. The number of aryl methyl sites for hydroxylation is 1. The van der Waals surface area contributed by atoms with Crippen molar-refractivity contribution in [2.45, 2.75) is 46.1 Å². The van der Waals surface area contributed by atoms with Crippen LogP contribution in [0.1, 0.15) is 42.5 Å². The average molecular weight is 269 g/mol. The molecule has 18 heavy (non-hydrogen) atoms. The Bertz CT molecular complexity index is 365. The lowest BCUT2D eigenvalue weighted by Crippen LogP contribution is -2.23. The van der Waals surface area contributed by atoms with Crippen molar-refractivity contribution in [3.63, 3.8) is 0 Å². The second-order valence-corrected chi connectivity index (χ2v) is 5.85. The van der Waals surface area contributed by atoms with Crippen LogP contribution in [0.3, 0.4) is 0 Å². The SMILES string of the molecule is CCC(CCN)CCC(=O)NCc1ncc(C)s1. The molecule has 0 aliphatic carbocycles. The van der Waals surface area contributed by atoms with Crippen LogP contribution in [-0.2, 0) is 11.3 Å².